The Hall–Kier alpha value is -2.73. The number of carbonyl (C=O) groups excluding carboxylic acids is 1. The second-order valence-electron chi connectivity index (χ2n) is 6.00. The van der Waals surface area contributed by atoms with E-state index in [0.29, 0.717) is 16.4 Å². The molecule has 1 N–H and O–H groups in total. The van der Waals surface area contributed by atoms with E-state index >= 15 is 0 Å². The third-order valence-electron chi connectivity index (χ3n) is 4.07. The molecule has 2 aromatic carbocycles. The number of Topliss-reactive ketones (excluding diaryl/α,β-unsaturated/α-hetero) is 1. The first kappa shape index (κ1) is 15.8. The Labute approximate surface area is 148 Å². The molecular formula is C19H16N4OS. The van der Waals surface area contributed by atoms with E-state index in [1.165, 1.54) is 17.3 Å². The van der Waals surface area contributed by atoms with Crippen LogP contribution in [-0.4, -0.2) is 31.7 Å². The van der Waals surface area contributed by atoms with E-state index in [-0.39, 0.29) is 11.5 Å². The SMILES string of the molecule is Cc1cc(C)c2[nH]c3nc(SCC(=O)c4ccccc4)nnc3c2c1. The van der Waals surface area contributed by atoms with Crippen molar-refractivity contribution in [3.05, 3.63) is 59.2 Å². The van der Waals surface area contributed by atoms with Gasteiger partial charge < -0.3 is 4.98 Å². The Morgan fingerprint density at radius 2 is 1.92 bits per heavy atom. The first-order chi connectivity index (χ1) is 12.1. The molecule has 0 atom stereocenters. The van der Waals surface area contributed by atoms with E-state index < -0.39 is 0 Å². The summed E-state index contributed by atoms with van der Waals surface area (Å²) in [5, 5.41) is 10.0. The molecule has 0 spiro atoms. The Morgan fingerprint density at radius 1 is 1.12 bits per heavy atom. The molecule has 5 nitrogen and oxygen atoms in total. The minimum Gasteiger partial charge on any atom is -0.337 e. The summed E-state index contributed by atoms with van der Waals surface area (Å²) in [6.07, 6.45) is 0. The highest BCUT2D eigenvalue weighted by Gasteiger charge is 2.13. The standard InChI is InChI=1S/C19H16N4OS/c1-11-8-12(2)16-14(9-11)17-18(20-16)21-19(23-22-17)25-10-15(24)13-6-4-3-5-7-13/h3-9H,10H2,1-2H3,(H,20,21,23). The van der Waals surface area contributed by atoms with E-state index in [9.17, 15) is 4.79 Å². The molecule has 0 amide bonds. The van der Waals surface area contributed by atoms with Gasteiger partial charge in [-0.15, -0.1) is 10.2 Å². The summed E-state index contributed by atoms with van der Waals surface area (Å²) in [7, 11) is 0. The van der Waals surface area contributed by atoms with Crippen molar-refractivity contribution in [1.29, 1.82) is 0 Å². The molecular weight excluding hydrogens is 332 g/mol. The third-order valence-corrected chi connectivity index (χ3v) is 4.91. The number of aromatic amines is 1. The number of benzene rings is 2. The number of aryl methyl sites for hydroxylation is 2. The second kappa shape index (κ2) is 6.29. The molecule has 0 saturated carbocycles. The van der Waals surface area contributed by atoms with Gasteiger partial charge in [-0.25, -0.2) is 4.98 Å². The van der Waals surface area contributed by atoms with Crippen LogP contribution in [0, 0.1) is 13.8 Å². The van der Waals surface area contributed by atoms with Crippen LogP contribution < -0.4 is 0 Å². The number of carbonyl (C=O) groups is 1. The highest BCUT2D eigenvalue weighted by molar-refractivity contribution is 7.99. The first-order valence-electron chi connectivity index (χ1n) is 7.96. The van der Waals surface area contributed by atoms with Crippen LogP contribution in [0.4, 0.5) is 0 Å². The van der Waals surface area contributed by atoms with Crippen molar-refractivity contribution in [2.45, 2.75) is 19.0 Å². The van der Waals surface area contributed by atoms with Crippen LogP contribution in [0.3, 0.4) is 0 Å². The van der Waals surface area contributed by atoms with Gasteiger partial charge >= 0.3 is 0 Å². The molecule has 0 unspecified atom stereocenters. The van der Waals surface area contributed by atoms with Crippen molar-refractivity contribution in [2.24, 2.45) is 0 Å². The monoisotopic (exact) mass is 348 g/mol. The van der Waals surface area contributed by atoms with E-state index in [4.69, 9.17) is 0 Å². The average molecular weight is 348 g/mol. The molecule has 25 heavy (non-hydrogen) atoms. The first-order valence-corrected chi connectivity index (χ1v) is 8.95. The predicted molar refractivity (Wildman–Crippen MR) is 100 cm³/mol. The number of nitrogens with one attached hydrogen (secondary N) is 1. The number of ketones is 1. The predicted octanol–water partition coefficient (Wildman–Crippen LogP) is 4.10. The number of hydrogen-bond donors (Lipinski definition) is 1. The summed E-state index contributed by atoms with van der Waals surface area (Å²) in [5.41, 5.74) is 5.53. The molecule has 0 bridgehead atoms. The van der Waals surface area contributed by atoms with Crippen molar-refractivity contribution in [3.63, 3.8) is 0 Å². The van der Waals surface area contributed by atoms with Crippen molar-refractivity contribution >= 4 is 39.6 Å². The lowest BCUT2D eigenvalue weighted by Crippen LogP contribution is -2.03. The summed E-state index contributed by atoms with van der Waals surface area (Å²) in [6, 6.07) is 13.4. The fourth-order valence-corrected chi connectivity index (χ4v) is 3.60. The van der Waals surface area contributed by atoms with Gasteiger partial charge in [-0.1, -0.05) is 53.7 Å². The van der Waals surface area contributed by atoms with Crippen LogP contribution in [-0.2, 0) is 0 Å². The minimum atomic E-state index is 0.0532. The van der Waals surface area contributed by atoms with E-state index in [0.717, 1.165) is 22.0 Å². The molecule has 2 aromatic heterocycles. The quantitative estimate of drug-likeness (QED) is 0.444. The fraction of sp³-hybridized carbons (Fsp3) is 0.158. The molecule has 0 saturated heterocycles. The maximum absolute atomic E-state index is 12.2. The van der Waals surface area contributed by atoms with Gasteiger partial charge in [0.1, 0.15) is 5.52 Å². The Bertz CT molecular complexity index is 1090. The lowest BCUT2D eigenvalue weighted by Gasteiger charge is -2.00. The van der Waals surface area contributed by atoms with E-state index in [1.807, 2.05) is 30.3 Å². The van der Waals surface area contributed by atoms with E-state index in [1.54, 1.807) is 0 Å². The molecule has 2 heterocycles. The average Bonchev–Trinajstić information content (AvgIpc) is 2.98. The molecule has 4 aromatic rings. The maximum Gasteiger partial charge on any atom is 0.211 e. The van der Waals surface area contributed by atoms with Gasteiger partial charge in [-0.2, -0.15) is 0 Å². The van der Waals surface area contributed by atoms with Gasteiger partial charge in [0.2, 0.25) is 5.16 Å². The van der Waals surface area contributed by atoms with Crippen molar-refractivity contribution in [2.75, 3.05) is 5.75 Å². The van der Waals surface area contributed by atoms with Crippen LogP contribution in [0.1, 0.15) is 21.5 Å². The summed E-state index contributed by atoms with van der Waals surface area (Å²) >= 11 is 1.30. The maximum atomic E-state index is 12.2. The fourth-order valence-electron chi connectivity index (χ4n) is 2.92. The molecule has 0 aliphatic carbocycles. The highest BCUT2D eigenvalue weighted by Crippen LogP contribution is 2.27. The van der Waals surface area contributed by atoms with Gasteiger partial charge in [0.25, 0.3) is 0 Å². The number of nitrogens with zero attached hydrogens (tertiary/aromatic N) is 3. The molecule has 6 heteroatoms. The van der Waals surface area contributed by atoms with Gasteiger partial charge in [-0.3, -0.25) is 4.79 Å². The third kappa shape index (κ3) is 3.00. The number of fused-ring (bicyclic) bond motifs is 3. The molecule has 124 valence electrons. The lowest BCUT2D eigenvalue weighted by molar-refractivity contribution is 0.102. The summed E-state index contributed by atoms with van der Waals surface area (Å²) in [4.78, 5) is 20.1. The Morgan fingerprint density at radius 3 is 2.72 bits per heavy atom. The summed E-state index contributed by atoms with van der Waals surface area (Å²) < 4.78 is 0. The van der Waals surface area contributed by atoms with Crippen LogP contribution in [0.5, 0.6) is 0 Å². The molecule has 0 aliphatic heterocycles. The van der Waals surface area contributed by atoms with Gasteiger partial charge in [0.05, 0.1) is 11.3 Å². The Balaban J connectivity index is 1.62. The molecule has 0 radical (unpaired) electrons. The van der Waals surface area contributed by atoms with Crippen LogP contribution in [0.25, 0.3) is 22.1 Å². The van der Waals surface area contributed by atoms with E-state index in [2.05, 4.69) is 46.1 Å². The normalized spacial score (nSPS) is 11.3. The highest BCUT2D eigenvalue weighted by atomic mass is 32.2. The van der Waals surface area contributed by atoms with Gasteiger partial charge in [0, 0.05) is 10.9 Å². The Kier molecular flexibility index (Phi) is 3.97. The van der Waals surface area contributed by atoms with Crippen LogP contribution in [0.15, 0.2) is 47.6 Å². The number of H-pyrrole nitrogens is 1. The number of hydrogen-bond acceptors (Lipinski definition) is 5. The number of aromatic nitrogens is 4. The zero-order valence-electron chi connectivity index (χ0n) is 13.9. The topological polar surface area (TPSA) is 71.5 Å². The second-order valence-corrected chi connectivity index (χ2v) is 6.94. The van der Waals surface area contributed by atoms with Crippen LogP contribution >= 0.6 is 11.8 Å². The zero-order chi connectivity index (χ0) is 17.4. The minimum absolute atomic E-state index is 0.0532. The molecule has 4 rings (SSSR count). The zero-order valence-corrected chi connectivity index (χ0v) is 14.7. The van der Waals surface area contributed by atoms with Crippen molar-refractivity contribution < 1.29 is 4.79 Å². The van der Waals surface area contributed by atoms with Gasteiger partial charge in [0.15, 0.2) is 11.4 Å². The number of rotatable bonds is 4. The summed E-state index contributed by atoms with van der Waals surface area (Å²) in [5.74, 6) is 0.340. The smallest absolute Gasteiger partial charge is 0.211 e. The molecule has 0 fully saturated rings. The molecule has 0 aliphatic rings. The lowest BCUT2D eigenvalue weighted by atomic mass is 10.1. The largest absolute Gasteiger partial charge is 0.337 e. The summed E-state index contributed by atoms with van der Waals surface area (Å²) in [6.45, 7) is 4.12. The van der Waals surface area contributed by atoms with Gasteiger partial charge in [-0.05, 0) is 25.5 Å². The van der Waals surface area contributed by atoms with Crippen molar-refractivity contribution in [1.82, 2.24) is 20.2 Å². The van der Waals surface area contributed by atoms with Crippen molar-refractivity contribution in [3.8, 4) is 0 Å². The van der Waals surface area contributed by atoms with Crippen LogP contribution in [0.2, 0.25) is 0 Å². The number of thioether (sulfide) groups is 1.